The van der Waals surface area contributed by atoms with E-state index in [1.165, 1.54) is 12.8 Å². The average molecular weight is 192 g/mol. The number of aliphatic carboxylic acids is 1. The van der Waals surface area contributed by atoms with Crippen LogP contribution in [-0.4, -0.2) is 20.9 Å². The third-order valence-corrected chi connectivity index (χ3v) is 2.21. The van der Waals surface area contributed by atoms with Crippen LogP contribution < -0.4 is 0 Å². The summed E-state index contributed by atoms with van der Waals surface area (Å²) in [7, 11) is 0. The molecule has 0 radical (unpaired) electrons. The fourth-order valence-electron chi connectivity index (χ4n) is 1.30. The second-order valence-electron chi connectivity index (χ2n) is 3.61. The number of hydrogen-bond acceptors (Lipinski definition) is 2. The molecule has 2 rings (SSSR count). The molecule has 1 N–H and O–H groups in total. The zero-order chi connectivity index (χ0) is 9.97. The molecular formula is C10H12N2O2. The molecule has 0 amide bonds. The normalized spacial score (nSPS) is 16.3. The third kappa shape index (κ3) is 2.45. The van der Waals surface area contributed by atoms with E-state index in [9.17, 15) is 4.79 Å². The van der Waals surface area contributed by atoms with Gasteiger partial charge in [0.2, 0.25) is 0 Å². The summed E-state index contributed by atoms with van der Waals surface area (Å²) in [4.78, 5) is 10.3. The predicted octanol–water partition coefficient (Wildman–Crippen LogP) is 1.39. The molecule has 1 saturated carbocycles. The van der Waals surface area contributed by atoms with Crippen LogP contribution >= 0.6 is 0 Å². The standard InChI is InChI=1S/C10H12N2O2/c13-10(14)4-3-9-5-11-12(7-9)6-8-1-2-8/h3-5,7-8H,1-2,6H2,(H,13,14)/b4-3+. The Morgan fingerprint density at radius 3 is 3.14 bits per heavy atom. The summed E-state index contributed by atoms with van der Waals surface area (Å²) < 4.78 is 1.87. The highest BCUT2D eigenvalue weighted by atomic mass is 16.4. The van der Waals surface area contributed by atoms with Crippen LogP contribution in [0.25, 0.3) is 6.08 Å². The minimum Gasteiger partial charge on any atom is -0.478 e. The van der Waals surface area contributed by atoms with Gasteiger partial charge in [0.05, 0.1) is 6.20 Å². The lowest BCUT2D eigenvalue weighted by Gasteiger charge is -1.95. The largest absolute Gasteiger partial charge is 0.478 e. The van der Waals surface area contributed by atoms with E-state index in [0.717, 1.165) is 24.1 Å². The summed E-state index contributed by atoms with van der Waals surface area (Å²) in [5, 5.41) is 12.6. The summed E-state index contributed by atoms with van der Waals surface area (Å²) in [6.07, 6.45) is 8.82. The van der Waals surface area contributed by atoms with Crippen LogP contribution in [0.2, 0.25) is 0 Å². The molecule has 0 bridgehead atoms. The number of carboxylic acid groups (broad SMARTS) is 1. The van der Waals surface area contributed by atoms with E-state index < -0.39 is 5.97 Å². The molecule has 1 aliphatic carbocycles. The van der Waals surface area contributed by atoms with Crippen molar-refractivity contribution in [1.82, 2.24) is 9.78 Å². The Morgan fingerprint density at radius 2 is 2.50 bits per heavy atom. The van der Waals surface area contributed by atoms with Gasteiger partial charge in [-0.1, -0.05) is 0 Å². The fourth-order valence-corrected chi connectivity index (χ4v) is 1.30. The highest BCUT2D eigenvalue weighted by Crippen LogP contribution is 2.30. The van der Waals surface area contributed by atoms with Crippen LogP contribution in [0.1, 0.15) is 18.4 Å². The number of aromatic nitrogens is 2. The Bertz CT molecular complexity index is 364. The zero-order valence-electron chi connectivity index (χ0n) is 7.76. The molecule has 1 aromatic heterocycles. The maximum absolute atomic E-state index is 10.3. The number of hydrogen-bond donors (Lipinski definition) is 1. The van der Waals surface area contributed by atoms with Gasteiger partial charge in [0.25, 0.3) is 0 Å². The van der Waals surface area contributed by atoms with Gasteiger partial charge in [0, 0.05) is 24.4 Å². The maximum atomic E-state index is 10.3. The van der Waals surface area contributed by atoms with Crippen molar-refractivity contribution < 1.29 is 9.90 Å². The molecule has 0 unspecified atom stereocenters. The lowest BCUT2D eigenvalue weighted by Crippen LogP contribution is -1.98. The SMILES string of the molecule is O=C(O)/C=C/c1cnn(CC2CC2)c1. The van der Waals surface area contributed by atoms with E-state index in [-0.39, 0.29) is 0 Å². The molecule has 1 fully saturated rings. The predicted molar refractivity (Wildman–Crippen MR) is 51.6 cm³/mol. The monoisotopic (exact) mass is 192 g/mol. The summed E-state index contributed by atoms with van der Waals surface area (Å²) in [6.45, 7) is 0.959. The maximum Gasteiger partial charge on any atom is 0.328 e. The van der Waals surface area contributed by atoms with Crippen LogP contribution in [0.4, 0.5) is 0 Å². The Hall–Kier alpha value is -1.58. The first-order valence-corrected chi connectivity index (χ1v) is 4.67. The molecule has 1 heterocycles. The van der Waals surface area contributed by atoms with Crippen LogP contribution in [0, 0.1) is 5.92 Å². The number of carbonyl (C=O) groups is 1. The van der Waals surface area contributed by atoms with Gasteiger partial charge in [0.1, 0.15) is 0 Å². The Kier molecular flexibility index (Phi) is 2.35. The van der Waals surface area contributed by atoms with E-state index >= 15 is 0 Å². The number of carboxylic acids is 1. The molecule has 1 aliphatic rings. The van der Waals surface area contributed by atoms with Crippen molar-refractivity contribution in [3.05, 3.63) is 24.0 Å². The van der Waals surface area contributed by atoms with Crippen molar-refractivity contribution in [1.29, 1.82) is 0 Å². The first-order valence-electron chi connectivity index (χ1n) is 4.67. The highest BCUT2D eigenvalue weighted by Gasteiger charge is 2.21. The van der Waals surface area contributed by atoms with Gasteiger partial charge in [-0.2, -0.15) is 5.10 Å². The number of rotatable bonds is 4. The van der Waals surface area contributed by atoms with E-state index in [2.05, 4.69) is 5.10 Å². The van der Waals surface area contributed by atoms with E-state index in [1.807, 2.05) is 10.9 Å². The molecule has 0 aromatic carbocycles. The van der Waals surface area contributed by atoms with Crippen molar-refractivity contribution in [2.75, 3.05) is 0 Å². The lowest BCUT2D eigenvalue weighted by atomic mass is 10.3. The minimum atomic E-state index is -0.931. The van der Waals surface area contributed by atoms with Crippen molar-refractivity contribution in [2.24, 2.45) is 5.92 Å². The topological polar surface area (TPSA) is 55.1 Å². The van der Waals surface area contributed by atoms with Crippen molar-refractivity contribution in [3.63, 3.8) is 0 Å². The molecule has 0 aliphatic heterocycles. The average Bonchev–Trinajstić information content (AvgIpc) is 2.81. The van der Waals surface area contributed by atoms with Gasteiger partial charge in [-0.3, -0.25) is 4.68 Å². The second kappa shape index (κ2) is 3.65. The molecule has 0 saturated heterocycles. The molecule has 14 heavy (non-hydrogen) atoms. The van der Waals surface area contributed by atoms with Gasteiger partial charge in [-0.25, -0.2) is 4.79 Å². The number of nitrogens with zero attached hydrogens (tertiary/aromatic N) is 2. The van der Waals surface area contributed by atoms with E-state index in [1.54, 1.807) is 12.3 Å². The second-order valence-corrected chi connectivity index (χ2v) is 3.61. The molecule has 4 heteroatoms. The summed E-state index contributed by atoms with van der Waals surface area (Å²) in [5.74, 6) is -0.147. The van der Waals surface area contributed by atoms with Gasteiger partial charge < -0.3 is 5.11 Å². The molecule has 0 spiro atoms. The molecule has 74 valence electrons. The van der Waals surface area contributed by atoms with E-state index in [0.29, 0.717) is 0 Å². The molecule has 4 nitrogen and oxygen atoms in total. The first kappa shape index (κ1) is 8.99. The smallest absolute Gasteiger partial charge is 0.328 e. The Labute approximate surface area is 81.9 Å². The quantitative estimate of drug-likeness (QED) is 0.733. The molecule has 0 atom stereocenters. The van der Waals surface area contributed by atoms with Crippen LogP contribution in [0.15, 0.2) is 18.5 Å². The van der Waals surface area contributed by atoms with E-state index in [4.69, 9.17) is 5.11 Å². The minimum absolute atomic E-state index is 0.784. The summed E-state index contributed by atoms with van der Waals surface area (Å²) >= 11 is 0. The van der Waals surface area contributed by atoms with Gasteiger partial charge in [-0.05, 0) is 24.8 Å². The van der Waals surface area contributed by atoms with Gasteiger partial charge in [-0.15, -0.1) is 0 Å². The van der Waals surface area contributed by atoms with Crippen molar-refractivity contribution >= 4 is 12.0 Å². The van der Waals surface area contributed by atoms with Gasteiger partial charge in [0.15, 0.2) is 0 Å². The highest BCUT2D eigenvalue weighted by molar-refractivity contribution is 5.85. The molecule has 1 aromatic rings. The fraction of sp³-hybridized carbons (Fsp3) is 0.400. The van der Waals surface area contributed by atoms with Crippen LogP contribution in [0.5, 0.6) is 0 Å². The van der Waals surface area contributed by atoms with Crippen LogP contribution in [-0.2, 0) is 11.3 Å². The zero-order valence-corrected chi connectivity index (χ0v) is 7.76. The molecular weight excluding hydrogens is 180 g/mol. The third-order valence-electron chi connectivity index (χ3n) is 2.21. The van der Waals surface area contributed by atoms with Gasteiger partial charge >= 0.3 is 5.97 Å². The lowest BCUT2D eigenvalue weighted by molar-refractivity contribution is -0.131. The van der Waals surface area contributed by atoms with Crippen molar-refractivity contribution in [3.8, 4) is 0 Å². The Balaban J connectivity index is 1.97. The summed E-state index contributed by atoms with van der Waals surface area (Å²) in [6, 6.07) is 0. The Morgan fingerprint density at radius 1 is 1.71 bits per heavy atom. The summed E-state index contributed by atoms with van der Waals surface area (Å²) in [5.41, 5.74) is 0.841. The van der Waals surface area contributed by atoms with Crippen LogP contribution in [0.3, 0.4) is 0 Å². The first-order chi connectivity index (χ1) is 6.74. The van der Waals surface area contributed by atoms with Crippen molar-refractivity contribution in [2.45, 2.75) is 19.4 Å².